The highest BCUT2D eigenvalue weighted by atomic mass is 16.5. The molecule has 0 saturated carbocycles. The number of fused-ring (bicyclic) bond motifs is 2. The number of morpholine rings is 1. The summed E-state index contributed by atoms with van der Waals surface area (Å²) in [5, 5.41) is 7.31. The Bertz CT molecular complexity index is 1110. The molecule has 0 unspecified atom stereocenters. The number of aromatic nitrogens is 3. The lowest BCUT2D eigenvalue weighted by atomic mass is 9.96. The fraction of sp³-hybridized carbons (Fsp3) is 0.364. The largest absolute Gasteiger partial charge is 0.487 e. The van der Waals surface area contributed by atoms with Crippen LogP contribution >= 0.6 is 0 Å². The zero-order valence-electron chi connectivity index (χ0n) is 16.9. The molecule has 0 spiro atoms. The van der Waals surface area contributed by atoms with Gasteiger partial charge < -0.3 is 19.7 Å². The third-order valence-electron chi connectivity index (χ3n) is 5.75. The van der Waals surface area contributed by atoms with Crippen molar-refractivity contribution in [2.45, 2.75) is 25.4 Å². The Labute approximate surface area is 174 Å². The summed E-state index contributed by atoms with van der Waals surface area (Å²) in [6.07, 6.45) is 6.40. The van der Waals surface area contributed by atoms with E-state index in [1.165, 1.54) is 0 Å². The molecular formula is C22H24N5O3. The highest BCUT2D eigenvalue weighted by molar-refractivity contribution is 6.09. The number of nitrogens with one attached hydrogen (secondary N) is 1. The number of hydrogen-bond acceptors (Lipinski definition) is 6. The van der Waals surface area contributed by atoms with E-state index in [1.54, 1.807) is 29.2 Å². The maximum absolute atomic E-state index is 13.1. The SMILES string of the molecule is [CH2]C[C@@]1(C)Cc2cc(NC(=O)c3cnn4cccnc34)c(N3CCOCC3)cc2O1. The first-order valence-corrected chi connectivity index (χ1v) is 10.1. The molecule has 0 aliphatic carbocycles. The second-order valence-corrected chi connectivity index (χ2v) is 7.96. The van der Waals surface area contributed by atoms with Gasteiger partial charge in [0.2, 0.25) is 0 Å². The molecule has 3 aromatic rings. The summed E-state index contributed by atoms with van der Waals surface area (Å²) in [5.41, 5.74) is 3.40. The third kappa shape index (κ3) is 3.27. The summed E-state index contributed by atoms with van der Waals surface area (Å²) in [7, 11) is 0. The predicted molar refractivity (Wildman–Crippen MR) is 113 cm³/mol. The average molecular weight is 406 g/mol. The number of carbonyl (C=O) groups is 1. The molecule has 4 heterocycles. The van der Waals surface area contributed by atoms with Crippen LogP contribution in [0.1, 0.15) is 29.3 Å². The van der Waals surface area contributed by atoms with E-state index in [0.717, 1.165) is 42.2 Å². The second kappa shape index (κ2) is 7.28. The van der Waals surface area contributed by atoms with Crippen molar-refractivity contribution in [3.05, 3.63) is 54.8 Å². The van der Waals surface area contributed by atoms with E-state index in [0.29, 0.717) is 30.8 Å². The van der Waals surface area contributed by atoms with Crippen molar-refractivity contribution in [2.75, 3.05) is 36.5 Å². The lowest BCUT2D eigenvalue weighted by Crippen LogP contribution is -2.36. The molecule has 155 valence electrons. The third-order valence-corrected chi connectivity index (χ3v) is 5.75. The van der Waals surface area contributed by atoms with Crippen molar-refractivity contribution in [2.24, 2.45) is 0 Å². The zero-order chi connectivity index (χ0) is 20.7. The lowest BCUT2D eigenvalue weighted by molar-refractivity contribution is 0.102. The molecule has 1 N–H and O–H groups in total. The maximum Gasteiger partial charge on any atom is 0.261 e. The second-order valence-electron chi connectivity index (χ2n) is 7.96. The van der Waals surface area contributed by atoms with Gasteiger partial charge in [0.25, 0.3) is 5.91 Å². The average Bonchev–Trinajstić information content (AvgIpc) is 3.34. The Balaban J connectivity index is 1.51. The van der Waals surface area contributed by atoms with Crippen LogP contribution in [0.2, 0.25) is 0 Å². The Morgan fingerprint density at radius 1 is 1.33 bits per heavy atom. The van der Waals surface area contributed by atoms with Crippen molar-refractivity contribution >= 4 is 22.9 Å². The number of nitrogens with zero attached hydrogens (tertiary/aromatic N) is 4. The summed E-state index contributed by atoms with van der Waals surface area (Å²) in [6.45, 7) is 8.92. The van der Waals surface area contributed by atoms with E-state index >= 15 is 0 Å². The normalized spacial score (nSPS) is 20.8. The van der Waals surface area contributed by atoms with Crippen LogP contribution in [0.3, 0.4) is 0 Å². The van der Waals surface area contributed by atoms with Crippen molar-refractivity contribution in [1.29, 1.82) is 0 Å². The summed E-state index contributed by atoms with van der Waals surface area (Å²) in [4.78, 5) is 19.6. The quantitative estimate of drug-likeness (QED) is 0.718. The molecule has 1 fully saturated rings. The van der Waals surface area contributed by atoms with E-state index in [1.807, 2.05) is 12.1 Å². The fourth-order valence-electron chi connectivity index (χ4n) is 4.03. The number of ether oxygens (including phenoxy) is 2. The molecule has 30 heavy (non-hydrogen) atoms. The minimum Gasteiger partial charge on any atom is -0.487 e. The minimum absolute atomic E-state index is 0.239. The first kappa shape index (κ1) is 18.9. The molecule has 8 nitrogen and oxygen atoms in total. The number of amides is 1. The summed E-state index contributed by atoms with van der Waals surface area (Å²) >= 11 is 0. The number of benzene rings is 1. The van der Waals surface area contributed by atoms with Crippen molar-refractivity contribution in [3.8, 4) is 5.75 Å². The molecular weight excluding hydrogens is 382 g/mol. The fourth-order valence-corrected chi connectivity index (χ4v) is 4.03. The van der Waals surface area contributed by atoms with E-state index in [9.17, 15) is 4.79 Å². The number of hydrogen-bond donors (Lipinski definition) is 1. The van der Waals surface area contributed by atoms with E-state index in [2.05, 4.69) is 34.1 Å². The minimum atomic E-state index is -0.320. The molecule has 1 radical (unpaired) electrons. The molecule has 1 saturated heterocycles. The Kier molecular flexibility index (Phi) is 4.58. The Hall–Kier alpha value is -3.13. The monoisotopic (exact) mass is 406 g/mol. The molecule has 2 aliphatic heterocycles. The van der Waals surface area contributed by atoms with Crippen molar-refractivity contribution in [3.63, 3.8) is 0 Å². The van der Waals surface area contributed by atoms with Crippen molar-refractivity contribution < 1.29 is 14.3 Å². The highest BCUT2D eigenvalue weighted by Gasteiger charge is 2.34. The zero-order valence-corrected chi connectivity index (χ0v) is 16.9. The van der Waals surface area contributed by atoms with Gasteiger partial charge in [0.05, 0.1) is 30.8 Å². The van der Waals surface area contributed by atoms with Crippen LogP contribution < -0.4 is 15.0 Å². The van der Waals surface area contributed by atoms with Gasteiger partial charge in [0, 0.05) is 43.5 Å². The van der Waals surface area contributed by atoms with Gasteiger partial charge in [-0.2, -0.15) is 5.10 Å². The number of carbonyl (C=O) groups excluding carboxylic acids is 1. The standard InChI is InChI=1S/C22H24N5O3/c1-3-22(2)13-15-11-17(18(12-19(15)30-22)26-7-9-29-10-8-26)25-21(28)16-14-24-27-6-4-5-23-20(16)27/h4-6,11-12,14H,1,3,7-10,13H2,2H3,(H,25,28)/t22-/m0/s1. The van der Waals surface area contributed by atoms with Crippen LogP contribution in [-0.4, -0.2) is 52.4 Å². The molecule has 0 bridgehead atoms. The number of anilines is 2. The molecule has 1 atom stereocenters. The lowest BCUT2D eigenvalue weighted by Gasteiger charge is -2.31. The van der Waals surface area contributed by atoms with Crippen LogP contribution in [0.5, 0.6) is 5.75 Å². The topological polar surface area (TPSA) is 81.0 Å². The van der Waals surface area contributed by atoms with Crippen LogP contribution in [-0.2, 0) is 11.2 Å². The Morgan fingerprint density at radius 3 is 2.97 bits per heavy atom. The van der Waals surface area contributed by atoms with Crippen LogP contribution in [0.4, 0.5) is 11.4 Å². The first-order valence-electron chi connectivity index (χ1n) is 10.1. The molecule has 5 rings (SSSR count). The number of rotatable bonds is 4. The molecule has 1 amide bonds. The van der Waals surface area contributed by atoms with Gasteiger partial charge in [0.1, 0.15) is 16.9 Å². The van der Waals surface area contributed by atoms with Crippen LogP contribution in [0.25, 0.3) is 5.65 Å². The van der Waals surface area contributed by atoms with Gasteiger partial charge in [-0.15, -0.1) is 0 Å². The highest BCUT2D eigenvalue weighted by Crippen LogP contribution is 2.43. The van der Waals surface area contributed by atoms with Crippen LogP contribution in [0.15, 0.2) is 36.8 Å². The summed E-state index contributed by atoms with van der Waals surface area (Å²) in [6, 6.07) is 5.84. The van der Waals surface area contributed by atoms with Gasteiger partial charge in [-0.1, -0.05) is 0 Å². The van der Waals surface area contributed by atoms with Gasteiger partial charge in [-0.25, -0.2) is 9.50 Å². The summed E-state index contributed by atoms with van der Waals surface area (Å²) < 4.78 is 13.3. The van der Waals surface area contributed by atoms with Crippen LogP contribution in [0, 0.1) is 6.92 Å². The van der Waals surface area contributed by atoms with Gasteiger partial charge in [-0.05, 0) is 32.4 Å². The molecule has 2 aliphatic rings. The van der Waals surface area contributed by atoms with E-state index in [4.69, 9.17) is 9.47 Å². The molecule has 1 aromatic carbocycles. The van der Waals surface area contributed by atoms with E-state index in [-0.39, 0.29) is 11.5 Å². The van der Waals surface area contributed by atoms with Gasteiger partial charge in [0.15, 0.2) is 5.65 Å². The Morgan fingerprint density at radius 2 is 2.17 bits per heavy atom. The van der Waals surface area contributed by atoms with Gasteiger partial charge in [-0.3, -0.25) is 4.79 Å². The maximum atomic E-state index is 13.1. The first-order chi connectivity index (χ1) is 14.6. The molecule has 8 heteroatoms. The summed E-state index contributed by atoms with van der Waals surface area (Å²) in [5.74, 6) is 0.621. The predicted octanol–water partition coefficient (Wildman–Crippen LogP) is 2.74. The van der Waals surface area contributed by atoms with E-state index < -0.39 is 0 Å². The molecule has 2 aromatic heterocycles. The smallest absolute Gasteiger partial charge is 0.261 e. The van der Waals surface area contributed by atoms with Gasteiger partial charge >= 0.3 is 0 Å². The van der Waals surface area contributed by atoms with Crippen molar-refractivity contribution in [1.82, 2.24) is 14.6 Å².